The Kier molecular flexibility index (Phi) is 9.48. The van der Waals surface area contributed by atoms with Crippen molar-refractivity contribution in [3.63, 3.8) is 0 Å². The number of hydrogen-bond donors (Lipinski definition) is 2. The molecule has 0 aliphatic heterocycles. The van der Waals surface area contributed by atoms with E-state index in [1.807, 2.05) is 37.3 Å². The number of hydrogen-bond acceptors (Lipinski definition) is 7. The van der Waals surface area contributed by atoms with E-state index < -0.39 is 40.2 Å². The Morgan fingerprint density at radius 2 is 1.85 bits per heavy atom. The molecule has 1 aromatic carbocycles. The molecule has 9 heteroatoms. The van der Waals surface area contributed by atoms with E-state index in [0.717, 1.165) is 23.7 Å². The molecule has 1 aliphatic carbocycles. The van der Waals surface area contributed by atoms with Crippen LogP contribution in [0.3, 0.4) is 0 Å². The Morgan fingerprint density at radius 1 is 1.18 bits per heavy atom. The summed E-state index contributed by atoms with van der Waals surface area (Å²) in [4.78, 5) is 50.1. The minimum Gasteiger partial charge on any atom is -0.464 e. The first kappa shape index (κ1) is 26.9. The normalized spacial score (nSPS) is 20.5. The highest BCUT2D eigenvalue weighted by Gasteiger charge is 2.64. The van der Waals surface area contributed by atoms with E-state index in [0.29, 0.717) is 13.0 Å². The molecule has 0 bridgehead atoms. The van der Waals surface area contributed by atoms with Gasteiger partial charge in [-0.15, -0.1) is 0 Å². The zero-order valence-electron chi connectivity index (χ0n) is 19.9. The van der Waals surface area contributed by atoms with Crippen LogP contribution < -0.4 is 10.6 Å². The lowest BCUT2D eigenvalue weighted by molar-refractivity contribution is -0.151. The van der Waals surface area contributed by atoms with E-state index in [1.54, 1.807) is 20.8 Å². The first-order chi connectivity index (χ1) is 15.6. The molecule has 33 heavy (non-hydrogen) atoms. The number of nitrogens with one attached hydrogen (secondary N) is 2. The number of amides is 2. The molecule has 1 fully saturated rings. The van der Waals surface area contributed by atoms with Crippen molar-refractivity contribution in [1.29, 1.82) is 0 Å². The van der Waals surface area contributed by atoms with Crippen molar-refractivity contribution >= 4 is 34.7 Å². The Balaban J connectivity index is 2.07. The molecular formula is C24H34N2O6S. The third-order valence-corrected chi connectivity index (χ3v) is 6.39. The van der Waals surface area contributed by atoms with Gasteiger partial charge in [-0.05, 0) is 32.8 Å². The zero-order valence-corrected chi connectivity index (χ0v) is 20.8. The maximum atomic E-state index is 13.1. The molecule has 8 nitrogen and oxygen atoms in total. The third-order valence-electron chi connectivity index (χ3n) is 5.32. The molecule has 182 valence electrons. The number of ether oxygens (including phenoxy) is 2. The van der Waals surface area contributed by atoms with Gasteiger partial charge in [0.1, 0.15) is 5.54 Å². The summed E-state index contributed by atoms with van der Waals surface area (Å²) in [5, 5.41) is 4.75. The zero-order chi connectivity index (χ0) is 24.6. The molecule has 0 radical (unpaired) electrons. The number of thioether (sulfide) groups is 1. The van der Waals surface area contributed by atoms with Gasteiger partial charge in [-0.25, -0.2) is 4.79 Å². The van der Waals surface area contributed by atoms with Crippen molar-refractivity contribution < 1.29 is 28.7 Å². The van der Waals surface area contributed by atoms with Crippen molar-refractivity contribution in [2.45, 2.75) is 82.9 Å². The van der Waals surface area contributed by atoms with Gasteiger partial charge in [0.05, 0.1) is 24.6 Å². The molecular weight excluding hydrogens is 444 g/mol. The molecule has 1 saturated carbocycles. The molecule has 0 spiro atoms. The summed E-state index contributed by atoms with van der Waals surface area (Å²) in [5.41, 5.74) is -1.65. The quantitative estimate of drug-likeness (QED) is 0.445. The van der Waals surface area contributed by atoms with Gasteiger partial charge >= 0.3 is 5.97 Å². The molecule has 1 unspecified atom stereocenters. The minimum atomic E-state index is -1.31. The van der Waals surface area contributed by atoms with Gasteiger partial charge < -0.3 is 20.1 Å². The number of benzene rings is 1. The number of carbonyl (C=O) groups excluding carboxylic acids is 4. The van der Waals surface area contributed by atoms with Crippen LogP contribution in [0.5, 0.6) is 0 Å². The van der Waals surface area contributed by atoms with Crippen LogP contribution in [0, 0.1) is 0 Å². The summed E-state index contributed by atoms with van der Waals surface area (Å²) in [7, 11) is 0. The van der Waals surface area contributed by atoms with Gasteiger partial charge in [0.2, 0.25) is 11.8 Å². The largest absolute Gasteiger partial charge is 0.464 e. The van der Waals surface area contributed by atoms with Crippen LogP contribution in [-0.2, 0) is 35.3 Å². The van der Waals surface area contributed by atoms with Crippen LogP contribution in [0.2, 0.25) is 0 Å². The minimum absolute atomic E-state index is 0.163. The lowest BCUT2D eigenvalue weighted by Gasteiger charge is -2.29. The summed E-state index contributed by atoms with van der Waals surface area (Å²) in [6.45, 7) is 8.60. The second kappa shape index (κ2) is 11.7. The van der Waals surface area contributed by atoms with Gasteiger partial charge in [0.15, 0.2) is 10.7 Å². The van der Waals surface area contributed by atoms with Crippen LogP contribution >= 0.6 is 11.8 Å². The summed E-state index contributed by atoms with van der Waals surface area (Å²) in [6.07, 6.45) is 0.980. The fourth-order valence-electron chi connectivity index (χ4n) is 3.37. The Hall–Kier alpha value is -2.39. The average Bonchev–Trinajstić information content (AvgIpc) is 3.46. The van der Waals surface area contributed by atoms with Crippen LogP contribution in [0.4, 0.5) is 0 Å². The smallest absolute Gasteiger partial charge is 0.334 e. The lowest BCUT2D eigenvalue weighted by Crippen LogP contribution is -2.61. The summed E-state index contributed by atoms with van der Waals surface area (Å²) in [6, 6.07) is 9.52. The van der Waals surface area contributed by atoms with Crippen molar-refractivity contribution in [3.05, 3.63) is 35.9 Å². The fourth-order valence-corrected chi connectivity index (χ4v) is 4.29. The number of esters is 1. The molecule has 2 N–H and O–H groups in total. The van der Waals surface area contributed by atoms with Crippen LogP contribution in [0.1, 0.15) is 59.4 Å². The molecule has 1 aliphatic rings. The molecule has 0 saturated heterocycles. The first-order valence-electron chi connectivity index (χ1n) is 11.2. The molecule has 1 aromatic rings. The van der Waals surface area contributed by atoms with E-state index in [2.05, 4.69) is 10.6 Å². The van der Waals surface area contributed by atoms with Crippen LogP contribution in [0.25, 0.3) is 0 Å². The predicted octanol–water partition coefficient (Wildman–Crippen LogP) is 2.74. The standard InChI is InChI=1S/C24H34N2O6S/c1-6-11-18(33-16(3)27)20(28)25-23(4,5)21(29)26-24(22(30)31-7-2)14-19(24)32-15-17-12-9-8-10-13-17/h8-10,12-13,18-19H,6-7,11,14-15H2,1-5H3,(H,25,28)(H,26,29)/t18-,19+,24?/m0/s1. The number of rotatable bonds is 12. The van der Waals surface area contributed by atoms with Gasteiger partial charge in [0, 0.05) is 13.3 Å². The SMILES string of the molecule is CCC[C@H](SC(C)=O)C(=O)NC(C)(C)C(=O)NC1(C(=O)OCC)C[C@H]1OCc1ccccc1. The van der Waals surface area contributed by atoms with Crippen molar-refractivity contribution in [1.82, 2.24) is 10.6 Å². The van der Waals surface area contributed by atoms with Crippen LogP contribution in [0.15, 0.2) is 30.3 Å². The third kappa shape index (κ3) is 7.30. The molecule has 0 aromatic heterocycles. The maximum absolute atomic E-state index is 13.1. The highest BCUT2D eigenvalue weighted by atomic mass is 32.2. The van der Waals surface area contributed by atoms with E-state index >= 15 is 0 Å². The molecule has 3 atom stereocenters. The van der Waals surface area contributed by atoms with Gasteiger partial charge in [-0.2, -0.15) is 0 Å². The average molecular weight is 479 g/mol. The summed E-state index contributed by atoms with van der Waals surface area (Å²) < 4.78 is 11.1. The Morgan fingerprint density at radius 3 is 2.42 bits per heavy atom. The molecule has 0 heterocycles. The summed E-state index contributed by atoms with van der Waals surface area (Å²) in [5.74, 6) is -1.48. The van der Waals surface area contributed by atoms with Crippen molar-refractivity contribution in [2.24, 2.45) is 0 Å². The van der Waals surface area contributed by atoms with Crippen molar-refractivity contribution in [3.8, 4) is 0 Å². The van der Waals surface area contributed by atoms with E-state index in [9.17, 15) is 19.2 Å². The monoisotopic (exact) mass is 478 g/mol. The van der Waals surface area contributed by atoms with Gasteiger partial charge in [-0.3, -0.25) is 14.4 Å². The van der Waals surface area contributed by atoms with Gasteiger partial charge in [0.25, 0.3) is 0 Å². The van der Waals surface area contributed by atoms with Gasteiger partial charge in [-0.1, -0.05) is 55.4 Å². The molecule has 2 rings (SSSR count). The van der Waals surface area contributed by atoms with Crippen LogP contribution in [-0.4, -0.2) is 51.9 Å². The predicted molar refractivity (Wildman–Crippen MR) is 126 cm³/mol. The Labute approximate surface area is 199 Å². The summed E-state index contributed by atoms with van der Waals surface area (Å²) >= 11 is 0.950. The second-order valence-electron chi connectivity index (χ2n) is 8.64. The maximum Gasteiger partial charge on any atom is 0.334 e. The lowest BCUT2D eigenvalue weighted by atomic mass is 10.0. The second-order valence-corrected chi connectivity index (χ2v) is 10.0. The number of carbonyl (C=O) groups is 4. The highest BCUT2D eigenvalue weighted by Crippen LogP contribution is 2.41. The van der Waals surface area contributed by atoms with E-state index in [4.69, 9.17) is 9.47 Å². The first-order valence-corrected chi connectivity index (χ1v) is 12.1. The molecule has 2 amide bonds. The van der Waals surface area contributed by atoms with E-state index in [1.165, 1.54) is 6.92 Å². The highest BCUT2D eigenvalue weighted by molar-refractivity contribution is 8.14. The van der Waals surface area contributed by atoms with Crippen molar-refractivity contribution in [2.75, 3.05) is 6.61 Å². The van der Waals surface area contributed by atoms with E-state index in [-0.39, 0.29) is 18.1 Å². The Bertz CT molecular complexity index is 860. The topological polar surface area (TPSA) is 111 Å². The fraction of sp³-hybridized carbons (Fsp3) is 0.583.